The van der Waals surface area contributed by atoms with E-state index in [9.17, 15) is 35.1 Å². The second kappa shape index (κ2) is 11.4. The van der Waals surface area contributed by atoms with E-state index in [1.807, 2.05) is 36.1 Å². The number of nitro groups is 3. The van der Waals surface area contributed by atoms with Gasteiger partial charge in [-0.05, 0) is 37.8 Å². The van der Waals surface area contributed by atoms with Gasteiger partial charge in [0.05, 0.1) is 33.4 Å². The summed E-state index contributed by atoms with van der Waals surface area (Å²) in [5.74, 6) is -0.992. The zero-order chi connectivity index (χ0) is 24.5. The number of aromatic hydroxyl groups is 1. The highest BCUT2D eigenvalue weighted by Gasteiger charge is 2.30. The Balaban J connectivity index is 0.000000234. The SMILES string of the molecule is Cc1ccccc1NCC(=O)N1CCCCC1.O=[N+]([O-])c1cc([N+](=O)[O-])c(O)c([N+](=O)[O-])c1. The Morgan fingerprint density at radius 1 is 0.970 bits per heavy atom. The Morgan fingerprint density at radius 3 is 2.00 bits per heavy atom. The number of nitro benzene ring substituents is 3. The van der Waals surface area contributed by atoms with Crippen LogP contribution in [0, 0.1) is 37.3 Å². The lowest BCUT2D eigenvalue weighted by molar-refractivity contribution is -0.404. The molecule has 1 heterocycles. The van der Waals surface area contributed by atoms with Gasteiger partial charge in [0.1, 0.15) is 0 Å². The van der Waals surface area contributed by atoms with Crippen molar-refractivity contribution < 1.29 is 24.7 Å². The van der Waals surface area contributed by atoms with Crippen LogP contribution >= 0.6 is 0 Å². The lowest BCUT2D eigenvalue weighted by Crippen LogP contribution is -2.39. The minimum absolute atomic E-state index is 0.216. The number of phenols is 1. The lowest BCUT2D eigenvalue weighted by atomic mass is 10.1. The molecule has 2 N–H and O–H groups in total. The number of nitrogens with one attached hydrogen (secondary N) is 1. The molecule has 0 aliphatic carbocycles. The number of carbonyl (C=O) groups is 1. The van der Waals surface area contributed by atoms with E-state index < -0.39 is 37.6 Å². The third-order valence-electron chi connectivity index (χ3n) is 4.94. The summed E-state index contributed by atoms with van der Waals surface area (Å²) in [7, 11) is 0. The number of phenolic OH excluding ortho intramolecular Hbond substituents is 1. The molecule has 0 unspecified atom stereocenters. The van der Waals surface area contributed by atoms with Crippen molar-refractivity contribution in [3.8, 4) is 5.75 Å². The van der Waals surface area contributed by atoms with Gasteiger partial charge in [0.15, 0.2) is 0 Å². The fourth-order valence-corrected chi connectivity index (χ4v) is 3.17. The van der Waals surface area contributed by atoms with Crippen LogP contribution in [0.5, 0.6) is 5.75 Å². The largest absolute Gasteiger partial charge is 0.497 e. The van der Waals surface area contributed by atoms with Gasteiger partial charge in [-0.15, -0.1) is 0 Å². The first-order chi connectivity index (χ1) is 15.6. The summed E-state index contributed by atoms with van der Waals surface area (Å²) >= 11 is 0. The van der Waals surface area contributed by atoms with E-state index in [1.165, 1.54) is 12.0 Å². The van der Waals surface area contributed by atoms with Crippen molar-refractivity contribution in [2.75, 3.05) is 25.0 Å². The van der Waals surface area contributed by atoms with Crippen molar-refractivity contribution in [2.24, 2.45) is 0 Å². The number of para-hydroxylation sites is 1. The summed E-state index contributed by atoms with van der Waals surface area (Å²) in [6.45, 7) is 4.31. The maximum absolute atomic E-state index is 11.9. The summed E-state index contributed by atoms with van der Waals surface area (Å²) in [5, 5.41) is 43.4. The number of piperidine rings is 1. The normalized spacial score (nSPS) is 12.8. The van der Waals surface area contributed by atoms with Crippen molar-refractivity contribution >= 4 is 28.7 Å². The van der Waals surface area contributed by atoms with E-state index in [2.05, 4.69) is 5.32 Å². The molecular weight excluding hydrogens is 438 g/mol. The summed E-state index contributed by atoms with van der Waals surface area (Å²) in [5.41, 5.74) is -0.769. The summed E-state index contributed by atoms with van der Waals surface area (Å²) in [6, 6.07) is 8.95. The third kappa shape index (κ3) is 6.85. The molecule has 3 rings (SSSR count). The van der Waals surface area contributed by atoms with Crippen LogP contribution in [0.3, 0.4) is 0 Å². The van der Waals surface area contributed by atoms with Crippen LogP contribution in [-0.2, 0) is 4.79 Å². The second-order valence-corrected chi connectivity index (χ2v) is 7.21. The highest BCUT2D eigenvalue weighted by Crippen LogP contribution is 2.38. The topological polar surface area (TPSA) is 182 Å². The molecule has 0 atom stereocenters. The van der Waals surface area contributed by atoms with Crippen molar-refractivity contribution in [2.45, 2.75) is 26.2 Å². The number of aryl methyl sites for hydroxylation is 1. The van der Waals surface area contributed by atoms with Crippen molar-refractivity contribution in [1.29, 1.82) is 0 Å². The van der Waals surface area contributed by atoms with E-state index >= 15 is 0 Å². The number of carbonyl (C=O) groups excluding carboxylic acids is 1. The van der Waals surface area contributed by atoms with E-state index in [0.717, 1.165) is 31.6 Å². The van der Waals surface area contributed by atoms with Crippen molar-refractivity contribution in [3.05, 3.63) is 72.3 Å². The molecule has 1 aliphatic heterocycles. The van der Waals surface area contributed by atoms with Crippen LogP contribution in [0.25, 0.3) is 0 Å². The Hall–Kier alpha value is -4.29. The zero-order valence-electron chi connectivity index (χ0n) is 17.8. The van der Waals surface area contributed by atoms with Crippen LogP contribution in [0.4, 0.5) is 22.7 Å². The van der Waals surface area contributed by atoms with Crippen LogP contribution in [0.15, 0.2) is 36.4 Å². The van der Waals surface area contributed by atoms with Crippen LogP contribution in [0.2, 0.25) is 0 Å². The monoisotopic (exact) mass is 461 g/mol. The number of rotatable bonds is 6. The Kier molecular flexibility index (Phi) is 8.60. The summed E-state index contributed by atoms with van der Waals surface area (Å²) < 4.78 is 0. The molecule has 0 saturated carbocycles. The van der Waals surface area contributed by atoms with Crippen LogP contribution in [0.1, 0.15) is 24.8 Å². The first kappa shape index (κ1) is 25.0. The summed E-state index contributed by atoms with van der Waals surface area (Å²) in [6.07, 6.45) is 3.56. The molecule has 1 fully saturated rings. The molecule has 0 aromatic heterocycles. The lowest BCUT2D eigenvalue weighted by Gasteiger charge is -2.27. The van der Waals surface area contributed by atoms with E-state index in [-0.39, 0.29) is 5.91 Å². The van der Waals surface area contributed by atoms with E-state index in [0.29, 0.717) is 18.7 Å². The molecule has 0 spiro atoms. The molecule has 1 saturated heterocycles. The molecular formula is C20H23N5O8. The highest BCUT2D eigenvalue weighted by atomic mass is 16.6. The minimum atomic E-state index is -1.21. The quantitative estimate of drug-likeness (QED) is 0.480. The maximum Gasteiger partial charge on any atom is 0.324 e. The number of amides is 1. The average Bonchev–Trinajstić information content (AvgIpc) is 2.79. The fourth-order valence-electron chi connectivity index (χ4n) is 3.17. The van der Waals surface area contributed by atoms with E-state index in [4.69, 9.17) is 5.11 Å². The Bertz CT molecular complexity index is 1020. The molecule has 13 nitrogen and oxygen atoms in total. The molecule has 0 radical (unpaired) electrons. The Labute approximate surface area is 188 Å². The molecule has 2 aromatic rings. The van der Waals surface area contributed by atoms with Gasteiger partial charge in [-0.2, -0.15) is 0 Å². The zero-order valence-corrected chi connectivity index (χ0v) is 17.8. The Morgan fingerprint density at radius 2 is 1.52 bits per heavy atom. The van der Waals surface area contributed by atoms with Gasteiger partial charge in [-0.1, -0.05) is 18.2 Å². The van der Waals surface area contributed by atoms with E-state index in [1.54, 1.807) is 0 Å². The predicted molar refractivity (Wildman–Crippen MR) is 118 cm³/mol. The van der Waals surface area contributed by atoms with Crippen molar-refractivity contribution in [3.63, 3.8) is 0 Å². The molecule has 33 heavy (non-hydrogen) atoms. The highest BCUT2D eigenvalue weighted by molar-refractivity contribution is 5.81. The summed E-state index contributed by atoms with van der Waals surface area (Å²) in [4.78, 5) is 41.7. The first-order valence-electron chi connectivity index (χ1n) is 9.99. The molecule has 0 bridgehead atoms. The molecule has 1 aliphatic rings. The molecule has 176 valence electrons. The van der Waals surface area contributed by atoms with Crippen molar-refractivity contribution in [1.82, 2.24) is 4.90 Å². The smallest absolute Gasteiger partial charge is 0.324 e. The number of nitrogens with zero attached hydrogens (tertiary/aromatic N) is 4. The second-order valence-electron chi connectivity index (χ2n) is 7.21. The fraction of sp³-hybridized carbons (Fsp3) is 0.350. The van der Waals surface area contributed by atoms with Gasteiger partial charge >= 0.3 is 11.4 Å². The van der Waals surface area contributed by atoms with Gasteiger partial charge in [0, 0.05) is 18.8 Å². The maximum atomic E-state index is 11.9. The van der Waals surface area contributed by atoms with Gasteiger partial charge in [-0.25, -0.2) is 0 Å². The number of likely N-dealkylation sites (tertiary alicyclic amines) is 1. The molecule has 1 amide bonds. The van der Waals surface area contributed by atoms with Crippen LogP contribution in [-0.4, -0.2) is 50.3 Å². The van der Waals surface area contributed by atoms with Gasteiger partial charge in [0.2, 0.25) is 5.91 Å². The van der Waals surface area contributed by atoms with Gasteiger partial charge in [0.25, 0.3) is 11.4 Å². The number of hydrogen-bond acceptors (Lipinski definition) is 9. The van der Waals surface area contributed by atoms with Gasteiger partial charge < -0.3 is 15.3 Å². The standard InChI is InChI=1S/C14H20N2O.C6H3N3O7/c1-12-7-3-4-8-13(12)15-11-14(17)16-9-5-2-6-10-16;10-6-4(8(13)14)1-3(7(11)12)2-5(6)9(15)16/h3-4,7-8,15H,2,5-6,9-11H2,1H3;1-2,10H. The molecule has 2 aromatic carbocycles. The number of anilines is 1. The third-order valence-corrected chi connectivity index (χ3v) is 4.94. The first-order valence-corrected chi connectivity index (χ1v) is 9.99. The minimum Gasteiger partial charge on any atom is -0.497 e. The number of hydrogen-bond donors (Lipinski definition) is 2. The predicted octanol–water partition coefficient (Wildman–Crippen LogP) is 3.54. The van der Waals surface area contributed by atoms with Crippen LogP contribution < -0.4 is 5.32 Å². The molecule has 13 heteroatoms. The number of non-ortho nitro benzene ring substituents is 1. The van der Waals surface area contributed by atoms with Gasteiger partial charge in [-0.3, -0.25) is 35.1 Å². The average molecular weight is 461 g/mol. The number of benzene rings is 2.